The third kappa shape index (κ3) is 7.65. The van der Waals surface area contributed by atoms with Crippen LogP contribution in [0.1, 0.15) is 107 Å². The van der Waals surface area contributed by atoms with Gasteiger partial charge in [-0.05, 0) is 72.3 Å². The molecule has 10 rings (SSSR count). The van der Waals surface area contributed by atoms with E-state index in [1.807, 2.05) is 0 Å². The smallest absolute Gasteiger partial charge is 0.348 e. The van der Waals surface area contributed by atoms with E-state index in [0.717, 1.165) is 14.2 Å². The predicted octanol–water partition coefficient (Wildman–Crippen LogP) is 0.958. The molecule has 0 radical (unpaired) electrons. The second-order valence-electron chi connectivity index (χ2n) is 25.3. The molecule has 20 unspecified atom stereocenters. The zero-order valence-corrected chi connectivity index (χ0v) is 46.3. The molecule has 0 amide bonds. The number of carbonyl (C=O) groups excluding carboxylic acids is 10. The van der Waals surface area contributed by atoms with Crippen LogP contribution in [0.25, 0.3) is 0 Å². The average molecular weight is 1130 g/mol. The minimum atomic E-state index is -2.37. The van der Waals surface area contributed by atoms with Crippen molar-refractivity contribution >= 4 is 59.3 Å². The van der Waals surface area contributed by atoms with Gasteiger partial charge in [0.2, 0.25) is 23.4 Å². The molecule has 4 saturated heterocycles. The first kappa shape index (κ1) is 57.6. The van der Waals surface area contributed by atoms with E-state index in [0.29, 0.717) is 0 Å². The van der Waals surface area contributed by atoms with Crippen molar-refractivity contribution in [1.82, 2.24) is 0 Å². The highest BCUT2D eigenvalue weighted by Gasteiger charge is 2.87. The van der Waals surface area contributed by atoms with Crippen LogP contribution in [0.3, 0.4) is 0 Å². The quantitative estimate of drug-likeness (QED) is 0.147. The van der Waals surface area contributed by atoms with E-state index in [4.69, 9.17) is 47.4 Å². The lowest BCUT2D eigenvalue weighted by Gasteiger charge is -2.67. The van der Waals surface area contributed by atoms with Crippen molar-refractivity contribution < 1.29 is 116 Å². The Morgan fingerprint density at radius 1 is 0.562 bits per heavy atom. The first-order valence-corrected chi connectivity index (χ1v) is 27.4. The van der Waals surface area contributed by atoms with Crippen molar-refractivity contribution in [2.24, 2.45) is 69.0 Å². The molecule has 24 nitrogen and oxygen atoms in total. The van der Waals surface area contributed by atoms with Crippen LogP contribution in [0.4, 0.5) is 0 Å². The summed E-state index contributed by atoms with van der Waals surface area (Å²) in [6.45, 7) is 12.8. The molecule has 4 bridgehead atoms. The molecule has 4 saturated carbocycles. The van der Waals surface area contributed by atoms with Crippen molar-refractivity contribution in [2.75, 3.05) is 27.4 Å². The lowest BCUT2D eigenvalue weighted by molar-refractivity contribution is -0.290. The second kappa shape index (κ2) is 19.5. The molecule has 8 fully saturated rings. The lowest BCUT2D eigenvalue weighted by Crippen LogP contribution is -2.79. The number of aliphatic hydroxyl groups is 4. The number of allylic oxidation sites excluding steroid dienone is 4. The number of Topliss-reactive ketones (excluding diaryl/α,β-unsaturated/α-hetero) is 2. The molecule has 10 aliphatic rings. The van der Waals surface area contributed by atoms with Gasteiger partial charge in [0.1, 0.15) is 24.4 Å². The zero-order chi connectivity index (χ0) is 58.5. The van der Waals surface area contributed by atoms with Gasteiger partial charge in [0, 0.05) is 48.3 Å². The van der Waals surface area contributed by atoms with Gasteiger partial charge in [0.25, 0.3) is 0 Å². The fraction of sp³-hybridized carbons (Fsp3) is 0.750. The summed E-state index contributed by atoms with van der Waals surface area (Å²) >= 11 is 0. The van der Waals surface area contributed by atoms with Crippen molar-refractivity contribution in [3.05, 3.63) is 22.7 Å². The molecular formula is C56H70O24. The highest BCUT2D eigenvalue weighted by molar-refractivity contribution is 6.00. The van der Waals surface area contributed by atoms with Gasteiger partial charge in [-0.1, -0.05) is 41.5 Å². The zero-order valence-electron chi connectivity index (χ0n) is 46.3. The SMILES string of the molecule is COC(=O)C12OCC34C(CC5C(C)=C(OC(=O)CCC(=O)OC6=C(C)C7CC8OC(=O)C(OC(=O)CC(C)C)C9C%10(C(=O)OC)OCC89C(C(O)C%10O)C7(C)CC6=O)C(=O)CC5(C)C3C(O)C1O)OC(=O)C(OC(=O)CC(C)C)C24. The normalized spacial score (nSPS) is 43.7. The number of aliphatic hydroxyl groups excluding tert-OH is 4. The predicted molar refractivity (Wildman–Crippen MR) is 261 cm³/mol. The van der Waals surface area contributed by atoms with Crippen molar-refractivity contribution in [3.8, 4) is 0 Å². The van der Waals surface area contributed by atoms with Crippen LogP contribution in [-0.4, -0.2) is 167 Å². The summed E-state index contributed by atoms with van der Waals surface area (Å²) in [6, 6.07) is 0. The molecule has 6 aliphatic carbocycles. The second-order valence-corrected chi connectivity index (χ2v) is 25.3. The van der Waals surface area contributed by atoms with Crippen molar-refractivity contribution in [1.29, 1.82) is 0 Å². The maximum absolute atomic E-state index is 14.3. The third-order valence-electron chi connectivity index (χ3n) is 20.3. The first-order chi connectivity index (χ1) is 37.5. The average Bonchev–Trinajstić information content (AvgIpc) is 2.65. The summed E-state index contributed by atoms with van der Waals surface area (Å²) < 4.78 is 57.7. The number of carbonyl (C=O) groups is 10. The van der Waals surface area contributed by atoms with Gasteiger partial charge in [-0.3, -0.25) is 28.8 Å². The van der Waals surface area contributed by atoms with Gasteiger partial charge in [0.15, 0.2) is 23.1 Å². The Kier molecular flexibility index (Phi) is 14.0. The Labute approximate surface area is 459 Å². The molecule has 0 aromatic heterocycles. The van der Waals surface area contributed by atoms with Gasteiger partial charge >= 0.3 is 47.8 Å². The Bertz CT molecular complexity index is 2630. The maximum atomic E-state index is 14.3. The van der Waals surface area contributed by atoms with Crippen LogP contribution < -0.4 is 0 Å². The van der Waals surface area contributed by atoms with Crippen LogP contribution >= 0.6 is 0 Å². The molecular weight excluding hydrogens is 1060 g/mol. The molecule has 24 heteroatoms. The van der Waals surface area contributed by atoms with Gasteiger partial charge in [-0.25, -0.2) is 19.2 Å². The van der Waals surface area contributed by atoms with E-state index >= 15 is 0 Å². The first-order valence-electron chi connectivity index (χ1n) is 27.4. The standard InChI is InChI=1S/C56H70O24/c1-21(2)13-33(61)79-39-43-53-19-73-55(43,49(69)71-9)45(65)35(63)41(53)51(7)17-27(57)37(23(5)25(51)15-29(53)75-47(39)67)77-31(59)11-12-32(60)78-38-24(6)26-16-30-54-20-74-56(50(70)72-10,46(66)36(64)42(54)52(26,8)18-28(38)58)44(54)40(48(68)76-30)80-34(62)14-22(3)4/h21-22,25-26,29-30,35-36,39-46,63-66H,11-20H2,1-10H3. The van der Waals surface area contributed by atoms with Crippen LogP contribution in [0, 0.1) is 69.0 Å². The number of esters is 8. The third-order valence-corrected chi connectivity index (χ3v) is 20.3. The molecule has 4 N–H and O–H groups in total. The van der Waals surface area contributed by atoms with E-state index in [1.54, 1.807) is 41.5 Å². The van der Waals surface area contributed by atoms with E-state index in [1.165, 1.54) is 13.8 Å². The number of hydrogen-bond acceptors (Lipinski definition) is 24. The molecule has 4 aliphatic heterocycles. The van der Waals surface area contributed by atoms with Crippen LogP contribution in [0.2, 0.25) is 0 Å². The Morgan fingerprint density at radius 2 is 0.912 bits per heavy atom. The lowest BCUT2D eigenvalue weighted by atomic mass is 9.38. The maximum Gasteiger partial charge on any atom is 0.348 e. The number of ketones is 2. The van der Waals surface area contributed by atoms with Crippen LogP contribution in [-0.2, 0) is 95.3 Å². The van der Waals surface area contributed by atoms with Gasteiger partial charge in [0.05, 0.1) is 64.3 Å². The number of rotatable bonds is 13. The fourth-order valence-electron chi connectivity index (χ4n) is 17.5. The number of fused-ring (bicyclic) bond motifs is 4. The molecule has 20 atom stereocenters. The number of hydrogen-bond donors (Lipinski definition) is 4. The highest BCUT2D eigenvalue weighted by Crippen LogP contribution is 2.75. The molecule has 4 heterocycles. The summed E-state index contributed by atoms with van der Waals surface area (Å²) in [5.74, 6) is -17.0. The molecule has 0 aromatic rings. The Hall–Kier alpha value is -5.66. The largest absolute Gasteiger partial charge is 0.467 e. The van der Waals surface area contributed by atoms with Crippen LogP contribution in [0.5, 0.6) is 0 Å². The Balaban J connectivity index is 0.873. The van der Waals surface area contributed by atoms with Crippen molar-refractivity contribution in [3.63, 3.8) is 0 Å². The molecule has 438 valence electrons. The van der Waals surface area contributed by atoms with Crippen LogP contribution in [0.15, 0.2) is 22.7 Å². The van der Waals surface area contributed by atoms with Gasteiger partial charge < -0.3 is 67.8 Å². The van der Waals surface area contributed by atoms with Gasteiger partial charge in [-0.15, -0.1) is 0 Å². The minimum absolute atomic E-state index is 0.0399. The van der Waals surface area contributed by atoms with Crippen molar-refractivity contribution in [2.45, 2.75) is 167 Å². The monoisotopic (exact) mass is 1130 g/mol. The summed E-state index contributed by atoms with van der Waals surface area (Å²) in [4.78, 5) is 138. The summed E-state index contributed by atoms with van der Waals surface area (Å²) in [7, 11) is 2.09. The topological polar surface area (TPSA) is 344 Å². The molecule has 0 aromatic carbocycles. The number of ether oxygens (including phenoxy) is 10. The van der Waals surface area contributed by atoms with E-state index in [2.05, 4.69) is 0 Å². The summed E-state index contributed by atoms with van der Waals surface area (Å²) in [6.07, 6.45) is -15.8. The van der Waals surface area contributed by atoms with E-state index < -0.39 is 189 Å². The van der Waals surface area contributed by atoms with E-state index in [-0.39, 0.29) is 86.2 Å². The van der Waals surface area contributed by atoms with E-state index in [9.17, 15) is 68.4 Å². The number of methoxy groups -OCH3 is 2. The highest BCUT2D eigenvalue weighted by atomic mass is 16.6. The summed E-state index contributed by atoms with van der Waals surface area (Å²) in [5.41, 5.74) is -9.85. The fourth-order valence-corrected chi connectivity index (χ4v) is 17.5. The minimum Gasteiger partial charge on any atom is -0.467 e. The molecule has 80 heavy (non-hydrogen) atoms. The van der Waals surface area contributed by atoms with Gasteiger partial charge in [-0.2, -0.15) is 0 Å². The molecule has 2 spiro atoms. The summed E-state index contributed by atoms with van der Waals surface area (Å²) in [5, 5.41) is 48.3. The Morgan fingerprint density at radius 3 is 1.24 bits per heavy atom.